The summed E-state index contributed by atoms with van der Waals surface area (Å²) in [6, 6.07) is 10.5. The van der Waals surface area contributed by atoms with Crippen molar-refractivity contribution in [3.63, 3.8) is 0 Å². The number of aromatic nitrogens is 4. The lowest BCUT2D eigenvalue weighted by molar-refractivity contribution is 0.133. The van der Waals surface area contributed by atoms with Crippen LogP contribution in [0.4, 0.5) is 4.79 Å². The number of para-hydroxylation sites is 1. The molecule has 1 aliphatic rings. The van der Waals surface area contributed by atoms with Gasteiger partial charge in [-0.3, -0.25) is 10.00 Å². The van der Waals surface area contributed by atoms with Gasteiger partial charge in [0.15, 0.2) is 0 Å². The van der Waals surface area contributed by atoms with Gasteiger partial charge in [0, 0.05) is 51.0 Å². The van der Waals surface area contributed by atoms with Crippen LogP contribution in [0.1, 0.15) is 12.2 Å². The number of nitrogens with zero attached hydrogens (tertiary/aromatic N) is 5. The first-order valence-electron chi connectivity index (χ1n) is 9.43. The Morgan fingerprint density at radius 1 is 1.15 bits per heavy atom. The zero-order chi connectivity index (χ0) is 18.5. The molecule has 8 nitrogen and oxygen atoms in total. The predicted molar refractivity (Wildman–Crippen MR) is 103 cm³/mol. The summed E-state index contributed by atoms with van der Waals surface area (Å²) in [5.74, 6) is 0.866. The van der Waals surface area contributed by atoms with E-state index in [1.54, 1.807) is 0 Å². The number of rotatable bonds is 6. The highest BCUT2D eigenvalue weighted by Gasteiger charge is 2.21. The van der Waals surface area contributed by atoms with E-state index in [4.69, 9.17) is 0 Å². The Morgan fingerprint density at radius 3 is 2.81 bits per heavy atom. The van der Waals surface area contributed by atoms with Crippen molar-refractivity contribution >= 4 is 16.9 Å². The van der Waals surface area contributed by atoms with E-state index in [2.05, 4.69) is 66.5 Å². The van der Waals surface area contributed by atoms with Crippen molar-refractivity contribution in [2.45, 2.75) is 19.5 Å². The molecule has 0 saturated carbocycles. The van der Waals surface area contributed by atoms with Crippen molar-refractivity contribution < 1.29 is 4.79 Å². The molecule has 3 heterocycles. The smallest absolute Gasteiger partial charge is 0.317 e. The standard InChI is InChI=1S/C19H25N7O/c27-19(26-12-10-24(11-13-26)14-18-21-15-22-23-18)20-7-3-8-25-9-6-16-4-1-2-5-17(16)25/h1-2,4-6,9,15H,3,7-8,10-14H2,(H,20,27)(H,21,22,23). The summed E-state index contributed by atoms with van der Waals surface area (Å²) >= 11 is 0. The number of hydrogen-bond acceptors (Lipinski definition) is 4. The lowest BCUT2D eigenvalue weighted by Gasteiger charge is -2.34. The number of carbonyl (C=O) groups is 1. The molecule has 142 valence electrons. The van der Waals surface area contributed by atoms with Crippen molar-refractivity contribution in [2.24, 2.45) is 0 Å². The van der Waals surface area contributed by atoms with Gasteiger partial charge in [-0.1, -0.05) is 18.2 Å². The zero-order valence-corrected chi connectivity index (χ0v) is 15.3. The molecule has 2 N–H and O–H groups in total. The summed E-state index contributed by atoms with van der Waals surface area (Å²) in [7, 11) is 0. The molecule has 1 saturated heterocycles. The predicted octanol–water partition coefficient (Wildman–Crippen LogP) is 1.68. The van der Waals surface area contributed by atoms with Gasteiger partial charge in [-0.25, -0.2) is 9.78 Å². The third kappa shape index (κ3) is 4.28. The molecule has 1 fully saturated rings. The van der Waals surface area contributed by atoms with Gasteiger partial charge in [-0.05, 0) is 23.9 Å². The van der Waals surface area contributed by atoms with Gasteiger partial charge in [0.25, 0.3) is 0 Å². The van der Waals surface area contributed by atoms with Gasteiger partial charge in [0.1, 0.15) is 12.2 Å². The summed E-state index contributed by atoms with van der Waals surface area (Å²) in [6.07, 6.45) is 4.55. The number of carbonyl (C=O) groups excluding carboxylic acids is 1. The maximum absolute atomic E-state index is 12.4. The summed E-state index contributed by atoms with van der Waals surface area (Å²) in [5, 5.41) is 11.1. The fourth-order valence-corrected chi connectivity index (χ4v) is 3.52. The lowest BCUT2D eigenvalue weighted by atomic mass is 10.2. The van der Waals surface area contributed by atoms with Gasteiger partial charge in [-0.15, -0.1) is 0 Å². The van der Waals surface area contributed by atoms with Gasteiger partial charge >= 0.3 is 6.03 Å². The summed E-state index contributed by atoms with van der Waals surface area (Å²) in [5.41, 5.74) is 1.24. The van der Waals surface area contributed by atoms with Crippen molar-refractivity contribution in [2.75, 3.05) is 32.7 Å². The molecular formula is C19H25N7O. The molecule has 2 amide bonds. The SMILES string of the molecule is O=C(NCCCn1ccc2ccccc21)N1CCN(Cc2ncn[nH]2)CC1. The van der Waals surface area contributed by atoms with E-state index in [0.29, 0.717) is 6.54 Å². The van der Waals surface area contributed by atoms with Crippen LogP contribution in [-0.2, 0) is 13.1 Å². The van der Waals surface area contributed by atoms with Crippen LogP contribution in [0.15, 0.2) is 42.9 Å². The number of piperazine rings is 1. The first-order chi connectivity index (χ1) is 13.3. The Balaban J connectivity index is 1.17. The number of urea groups is 1. The Hall–Kier alpha value is -2.87. The quantitative estimate of drug-likeness (QED) is 0.650. The van der Waals surface area contributed by atoms with E-state index >= 15 is 0 Å². The second kappa shape index (κ2) is 8.22. The van der Waals surface area contributed by atoms with E-state index in [0.717, 1.165) is 51.5 Å². The number of benzene rings is 1. The summed E-state index contributed by atoms with van der Waals surface area (Å²) in [4.78, 5) is 20.7. The topological polar surface area (TPSA) is 82.1 Å². The molecule has 0 aliphatic carbocycles. The van der Waals surface area contributed by atoms with Gasteiger partial charge in [0.2, 0.25) is 0 Å². The van der Waals surface area contributed by atoms with Crippen LogP contribution in [0.2, 0.25) is 0 Å². The normalized spacial score (nSPS) is 15.3. The maximum Gasteiger partial charge on any atom is 0.317 e. The minimum Gasteiger partial charge on any atom is -0.347 e. The number of aryl methyl sites for hydroxylation is 1. The molecule has 1 aromatic carbocycles. The Kier molecular flexibility index (Phi) is 5.34. The number of amides is 2. The van der Waals surface area contributed by atoms with Crippen LogP contribution in [0.3, 0.4) is 0 Å². The Labute approximate surface area is 158 Å². The fourth-order valence-electron chi connectivity index (χ4n) is 3.52. The van der Waals surface area contributed by atoms with Gasteiger partial charge in [0.05, 0.1) is 6.54 Å². The molecule has 0 unspecified atom stereocenters. The van der Waals surface area contributed by atoms with Gasteiger partial charge in [-0.2, -0.15) is 5.10 Å². The molecule has 0 radical (unpaired) electrons. The lowest BCUT2D eigenvalue weighted by Crippen LogP contribution is -2.51. The van der Waals surface area contributed by atoms with Crippen LogP contribution < -0.4 is 5.32 Å². The number of nitrogens with one attached hydrogen (secondary N) is 2. The van der Waals surface area contributed by atoms with E-state index in [9.17, 15) is 4.79 Å². The highest BCUT2D eigenvalue weighted by atomic mass is 16.2. The zero-order valence-electron chi connectivity index (χ0n) is 15.3. The number of H-pyrrole nitrogens is 1. The van der Waals surface area contributed by atoms with Gasteiger partial charge < -0.3 is 14.8 Å². The number of hydrogen-bond donors (Lipinski definition) is 2. The monoisotopic (exact) mass is 367 g/mol. The van der Waals surface area contributed by atoms with Crippen molar-refractivity contribution in [3.8, 4) is 0 Å². The third-order valence-corrected chi connectivity index (χ3v) is 5.03. The Morgan fingerprint density at radius 2 is 2.00 bits per heavy atom. The average Bonchev–Trinajstić information content (AvgIpc) is 3.36. The molecule has 3 aromatic rings. The highest BCUT2D eigenvalue weighted by Crippen LogP contribution is 2.15. The van der Waals surface area contributed by atoms with E-state index < -0.39 is 0 Å². The van der Waals surface area contributed by atoms with Crippen LogP contribution in [0.25, 0.3) is 10.9 Å². The summed E-state index contributed by atoms with van der Waals surface area (Å²) in [6.45, 7) is 5.51. The van der Waals surface area contributed by atoms with E-state index in [1.807, 2.05) is 4.90 Å². The average molecular weight is 367 g/mol. The molecule has 1 aliphatic heterocycles. The van der Waals surface area contributed by atoms with Crippen molar-refractivity contribution in [1.29, 1.82) is 0 Å². The first-order valence-corrected chi connectivity index (χ1v) is 9.43. The third-order valence-electron chi connectivity index (χ3n) is 5.03. The second-order valence-electron chi connectivity index (χ2n) is 6.85. The molecule has 27 heavy (non-hydrogen) atoms. The minimum atomic E-state index is 0.0340. The van der Waals surface area contributed by atoms with Crippen molar-refractivity contribution in [3.05, 3.63) is 48.7 Å². The molecule has 0 bridgehead atoms. The highest BCUT2D eigenvalue weighted by molar-refractivity contribution is 5.79. The van der Waals surface area contributed by atoms with Crippen LogP contribution in [-0.4, -0.2) is 68.3 Å². The number of aromatic amines is 1. The molecule has 4 rings (SSSR count). The maximum atomic E-state index is 12.4. The fraction of sp³-hybridized carbons (Fsp3) is 0.421. The molecule has 2 aromatic heterocycles. The molecule has 0 atom stereocenters. The first kappa shape index (κ1) is 17.5. The minimum absolute atomic E-state index is 0.0340. The Bertz CT molecular complexity index is 865. The molecule has 0 spiro atoms. The van der Waals surface area contributed by atoms with Crippen molar-refractivity contribution in [1.82, 2.24) is 34.9 Å². The largest absolute Gasteiger partial charge is 0.347 e. The second-order valence-corrected chi connectivity index (χ2v) is 6.85. The van der Waals surface area contributed by atoms with E-state index in [-0.39, 0.29) is 6.03 Å². The van der Waals surface area contributed by atoms with Crippen LogP contribution in [0, 0.1) is 0 Å². The van der Waals surface area contributed by atoms with Crippen LogP contribution in [0.5, 0.6) is 0 Å². The molecular weight excluding hydrogens is 342 g/mol. The summed E-state index contributed by atoms with van der Waals surface area (Å²) < 4.78 is 2.24. The number of fused-ring (bicyclic) bond motifs is 1. The van der Waals surface area contributed by atoms with E-state index in [1.165, 1.54) is 17.2 Å². The van der Waals surface area contributed by atoms with Crippen LogP contribution >= 0.6 is 0 Å². The molecule has 8 heteroatoms.